The summed E-state index contributed by atoms with van der Waals surface area (Å²) in [5, 5.41) is 0. The summed E-state index contributed by atoms with van der Waals surface area (Å²) in [7, 11) is 0. The third-order valence-electron chi connectivity index (χ3n) is 6.03. The Bertz CT molecular complexity index is 365. The van der Waals surface area contributed by atoms with Crippen molar-refractivity contribution in [2.75, 3.05) is 0 Å². The Labute approximate surface area is 85.4 Å². The Hall–Kier alpha value is 0.150. The van der Waals surface area contributed by atoms with Crippen molar-refractivity contribution in [3.63, 3.8) is 0 Å². The largest absolute Gasteiger partial charge is 0.299 e. The number of halogens is 1. The van der Waals surface area contributed by atoms with E-state index in [4.69, 9.17) is 0 Å². The van der Waals surface area contributed by atoms with E-state index >= 15 is 0 Å². The second-order valence-electron chi connectivity index (χ2n) is 5.87. The van der Waals surface area contributed by atoms with Crippen LogP contribution in [0.5, 0.6) is 0 Å². The van der Waals surface area contributed by atoms with E-state index in [1.165, 1.54) is 12.8 Å². The molecule has 0 aliphatic heterocycles. The van der Waals surface area contributed by atoms with E-state index in [1.807, 2.05) is 0 Å². The van der Waals surface area contributed by atoms with Gasteiger partial charge < -0.3 is 0 Å². The molecule has 0 spiro atoms. The molecule has 6 rings (SSSR count). The summed E-state index contributed by atoms with van der Waals surface area (Å²) in [5.41, 5.74) is 0. The predicted molar refractivity (Wildman–Crippen MR) is 50.3 cm³/mol. The highest BCUT2D eigenvalue weighted by Crippen LogP contribution is 2.84. The first kappa shape index (κ1) is 6.60. The van der Waals surface area contributed by atoms with Crippen LogP contribution >= 0.6 is 15.9 Å². The van der Waals surface area contributed by atoms with Gasteiger partial charge in [-0.15, -0.1) is 0 Å². The Morgan fingerprint density at radius 3 is 2.92 bits per heavy atom. The van der Waals surface area contributed by atoms with Crippen molar-refractivity contribution in [2.45, 2.75) is 17.2 Å². The normalized spacial score (nSPS) is 79.8. The Balaban J connectivity index is 1.94. The molecule has 2 heteroatoms. The smallest absolute Gasteiger partial charge is 0.141 e. The van der Waals surface area contributed by atoms with E-state index < -0.39 is 0 Å². The van der Waals surface area contributed by atoms with Crippen LogP contribution in [0.2, 0.25) is 0 Å². The zero-order chi connectivity index (χ0) is 8.53. The maximum atomic E-state index is 12.1. The lowest BCUT2D eigenvalue weighted by atomic mass is 9.71. The number of hydrogen-bond donors (Lipinski definition) is 0. The van der Waals surface area contributed by atoms with Gasteiger partial charge >= 0.3 is 0 Å². The van der Waals surface area contributed by atoms with Crippen molar-refractivity contribution >= 4 is 21.7 Å². The molecule has 68 valence electrons. The third-order valence-corrected chi connectivity index (χ3v) is 7.38. The van der Waals surface area contributed by atoms with Crippen LogP contribution in [0.1, 0.15) is 12.8 Å². The molecule has 0 aromatic rings. The summed E-state index contributed by atoms with van der Waals surface area (Å²) in [6.07, 6.45) is 2.73. The van der Waals surface area contributed by atoms with Crippen LogP contribution in [0.25, 0.3) is 0 Å². The quantitative estimate of drug-likeness (QED) is 0.589. The van der Waals surface area contributed by atoms with Gasteiger partial charge in [0.2, 0.25) is 0 Å². The van der Waals surface area contributed by atoms with Gasteiger partial charge in [0.1, 0.15) is 5.78 Å². The molecule has 0 heterocycles. The zero-order valence-electron chi connectivity index (χ0n) is 7.24. The van der Waals surface area contributed by atoms with Gasteiger partial charge in [0, 0.05) is 16.2 Å². The van der Waals surface area contributed by atoms with Crippen LogP contribution < -0.4 is 0 Å². The topological polar surface area (TPSA) is 17.1 Å². The molecule has 8 atom stereocenters. The number of ketones is 1. The molecular formula is C11H11BrO. The van der Waals surface area contributed by atoms with Crippen molar-refractivity contribution in [1.29, 1.82) is 0 Å². The van der Waals surface area contributed by atoms with Gasteiger partial charge in [0.25, 0.3) is 0 Å². The molecule has 0 N–H and O–H groups in total. The van der Waals surface area contributed by atoms with E-state index in [-0.39, 0.29) is 0 Å². The lowest BCUT2D eigenvalue weighted by Crippen LogP contribution is -2.39. The fourth-order valence-corrected chi connectivity index (χ4v) is 7.72. The summed E-state index contributed by atoms with van der Waals surface area (Å²) in [4.78, 5) is 12.1. The first-order valence-electron chi connectivity index (χ1n) is 5.46. The number of alkyl halides is 1. The SMILES string of the molecule is O=C1[C@@H]2[C@H]3C[C@@H]4[C@H]5C[C@@](Br)([C@@H]42)[C@@H]1[C@H]53. The van der Waals surface area contributed by atoms with E-state index in [9.17, 15) is 4.79 Å². The Morgan fingerprint density at radius 1 is 1.31 bits per heavy atom. The second-order valence-corrected chi connectivity index (χ2v) is 7.34. The van der Waals surface area contributed by atoms with E-state index in [2.05, 4.69) is 15.9 Å². The van der Waals surface area contributed by atoms with Crippen LogP contribution in [-0.4, -0.2) is 10.1 Å². The highest BCUT2D eigenvalue weighted by atomic mass is 79.9. The average Bonchev–Trinajstić information content (AvgIpc) is 2.70. The average molecular weight is 239 g/mol. The molecule has 13 heavy (non-hydrogen) atoms. The molecule has 0 aromatic heterocycles. The summed E-state index contributed by atoms with van der Waals surface area (Å²) in [6.45, 7) is 0. The third kappa shape index (κ3) is 0.383. The molecule has 0 aromatic carbocycles. The Kier molecular flexibility index (Phi) is 0.742. The predicted octanol–water partition coefficient (Wildman–Crippen LogP) is 1.85. The monoisotopic (exact) mass is 238 g/mol. The number of carbonyl (C=O) groups excluding carboxylic acids is 1. The van der Waals surface area contributed by atoms with Crippen LogP contribution in [0.3, 0.4) is 0 Å². The maximum absolute atomic E-state index is 12.1. The highest BCUT2D eigenvalue weighted by Gasteiger charge is 2.85. The van der Waals surface area contributed by atoms with Crippen LogP contribution in [0, 0.1) is 41.4 Å². The fraction of sp³-hybridized carbons (Fsp3) is 0.909. The summed E-state index contributed by atoms with van der Waals surface area (Å²) < 4.78 is 0.307. The first-order valence-corrected chi connectivity index (χ1v) is 6.25. The van der Waals surface area contributed by atoms with Crippen LogP contribution in [0.15, 0.2) is 0 Å². The molecule has 0 radical (unpaired) electrons. The minimum Gasteiger partial charge on any atom is -0.299 e. The van der Waals surface area contributed by atoms with Gasteiger partial charge in [0.05, 0.1) is 0 Å². The van der Waals surface area contributed by atoms with Crippen molar-refractivity contribution in [3.8, 4) is 0 Å². The van der Waals surface area contributed by atoms with Gasteiger partial charge in [-0.3, -0.25) is 4.79 Å². The van der Waals surface area contributed by atoms with Gasteiger partial charge in [0.15, 0.2) is 0 Å². The molecule has 0 amide bonds. The van der Waals surface area contributed by atoms with Crippen molar-refractivity contribution in [2.24, 2.45) is 41.4 Å². The van der Waals surface area contributed by atoms with Crippen molar-refractivity contribution < 1.29 is 4.79 Å². The lowest BCUT2D eigenvalue weighted by Gasteiger charge is -2.37. The highest BCUT2D eigenvalue weighted by molar-refractivity contribution is 9.10. The number of rotatable bonds is 0. The van der Waals surface area contributed by atoms with E-state index in [0.29, 0.717) is 21.9 Å². The van der Waals surface area contributed by atoms with E-state index in [0.717, 1.165) is 29.6 Å². The molecule has 6 fully saturated rings. The van der Waals surface area contributed by atoms with Crippen LogP contribution in [-0.2, 0) is 4.79 Å². The molecule has 0 unspecified atom stereocenters. The number of hydrogen-bond acceptors (Lipinski definition) is 1. The molecular weight excluding hydrogens is 228 g/mol. The van der Waals surface area contributed by atoms with Gasteiger partial charge in [-0.1, -0.05) is 15.9 Å². The molecule has 6 aliphatic rings. The van der Waals surface area contributed by atoms with Gasteiger partial charge in [-0.2, -0.15) is 0 Å². The summed E-state index contributed by atoms with van der Waals surface area (Å²) >= 11 is 3.94. The minimum atomic E-state index is 0.307. The fourth-order valence-electron chi connectivity index (χ4n) is 6.19. The van der Waals surface area contributed by atoms with Crippen LogP contribution in [0.4, 0.5) is 0 Å². The molecule has 6 aliphatic carbocycles. The minimum absolute atomic E-state index is 0.307. The molecule has 0 saturated heterocycles. The molecule has 6 saturated carbocycles. The maximum Gasteiger partial charge on any atom is 0.141 e. The molecule has 6 bridgehead atoms. The van der Waals surface area contributed by atoms with Crippen molar-refractivity contribution in [1.82, 2.24) is 0 Å². The summed E-state index contributed by atoms with van der Waals surface area (Å²) in [6, 6.07) is 0. The zero-order valence-corrected chi connectivity index (χ0v) is 8.83. The Morgan fingerprint density at radius 2 is 2.15 bits per heavy atom. The van der Waals surface area contributed by atoms with E-state index in [1.54, 1.807) is 0 Å². The standard InChI is InChI=1S/C11H11BrO/c12-11-2-5-3-1-4-6(5)9(11)10(13)7(4)8(3)11/h3-9H,1-2H2/t3-,4+,5-,6+,7-,8+,9-,11-/m1/s1. The van der Waals surface area contributed by atoms with Gasteiger partial charge in [-0.25, -0.2) is 0 Å². The lowest BCUT2D eigenvalue weighted by molar-refractivity contribution is -0.122. The number of carbonyl (C=O) groups is 1. The molecule has 1 nitrogen and oxygen atoms in total. The first-order chi connectivity index (χ1) is 6.23. The second kappa shape index (κ2) is 1.46. The van der Waals surface area contributed by atoms with Gasteiger partial charge in [-0.05, 0) is 42.4 Å². The van der Waals surface area contributed by atoms with Crippen molar-refractivity contribution in [3.05, 3.63) is 0 Å². The number of Topliss-reactive ketones (excluding diaryl/α,β-unsaturated/α-hetero) is 1. The summed E-state index contributed by atoms with van der Waals surface area (Å²) in [5.74, 6) is 5.94.